The van der Waals surface area contributed by atoms with Crippen LogP contribution in [0.15, 0.2) is 18.3 Å². The molecule has 96 valence electrons. The average Bonchev–Trinajstić information content (AvgIpc) is 2.39. The molecule has 1 aromatic rings. The zero-order chi connectivity index (χ0) is 12.7. The number of nitrogens with zero attached hydrogens (tertiary/aromatic N) is 1. The number of ether oxygens (including phenoxy) is 1. The Bertz CT molecular complexity index is 307. The first-order chi connectivity index (χ1) is 8.24. The Kier molecular flexibility index (Phi) is 6.16. The van der Waals surface area contributed by atoms with E-state index in [9.17, 15) is 0 Å². The number of methoxy groups -OCH3 is 1. The van der Waals surface area contributed by atoms with E-state index in [2.05, 4.69) is 36.3 Å². The van der Waals surface area contributed by atoms with Crippen molar-refractivity contribution < 1.29 is 4.74 Å². The maximum Gasteiger partial charge on any atom is 0.0725 e. The Morgan fingerprint density at radius 1 is 1.35 bits per heavy atom. The van der Waals surface area contributed by atoms with Crippen molar-refractivity contribution >= 4 is 0 Å². The Morgan fingerprint density at radius 2 is 2.12 bits per heavy atom. The van der Waals surface area contributed by atoms with E-state index in [1.807, 2.05) is 13.2 Å². The molecule has 0 radical (unpaired) electrons. The molecule has 1 rings (SSSR count). The van der Waals surface area contributed by atoms with Crippen LogP contribution in [0.25, 0.3) is 0 Å². The Labute approximate surface area is 105 Å². The molecule has 3 nitrogen and oxygen atoms in total. The molecule has 17 heavy (non-hydrogen) atoms. The SMILES string of the molecule is CCc1ccc(CC(NC)C(CC)OC)nc1. The molecule has 0 aliphatic heterocycles. The van der Waals surface area contributed by atoms with Gasteiger partial charge in [0.2, 0.25) is 0 Å². The van der Waals surface area contributed by atoms with Gasteiger partial charge in [-0.1, -0.05) is 19.9 Å². The number of likely N-dealkylation sites (N-methyl/N-ethyl adjacent to an activating group) is 1. The van der Waals surface area contributed by atoms with Gasteiger partial charge < -0.3 is 10.1 Å². The maximum atomic E-state index is 5.48. The second kappa shape index (κ2) is 7.41. The van der Waals surface area contributed by atoms with Crippen LogP contribution in [0, 0.1) is 0 Å². The Morgan fingerprint density at radius 3 is 2.53 bits per heavy atom. The molecule has 0 fully saturated rings. The second-order valence-corrected chi connectivity index (χ2v) is 4.29. The third kappa shape index (κ3) is 4.10. The molecule has 2 unspecified atom stereocenters. The van der Waals surface area contributed by atoms with Crippen LogP contribution in [0.3, 0.4) is 0 Å². The molecule has 0 amide bonds. The summed E-state index contributed by atoms with van der Waals surface area (Å²) in [6.45, 7) is 4.29. The predicted molar refractivity (Wildman–Crippen MR) is 71.3 cm³/mol. The van der Waals surface area contributed by atoms with Crippen LogP contribution in [0.2, 0.25) is 0 Å². The quantitative estimate of drug-likeness (QED) is 0.788. The fourth-order valence-corrected chi connectivity index (χ4v) is 2.05. The summed E-state index contributed by atoms with van der Waals surface area (Å²) in [7, 11) is 3.75. The number of pyridine rings is 1. The minimum atomic E-state index is 0.243. The zero-order valence-corrected chi connectivity index (χ0v) is 11.4. The van der Waals surface area contributed by atoms with Gasteiger partial charge in [0.25, 0.3) is 0 Å². The molecule has 3 heteroatoms. The van der Waals surface area contributed by atoms with Crippen molar-refractivity contribution in [1.29, 1.82) is 0 Å². The molecular formula is C14H24N2O. The monoisotopic (exact) mass is 236 g/mol. The molecule has 1 aromatic heterocycles. The molecule has 0 saturated carbocycles. The van der Waals surface area contributed by atoms with Crippen LogP contribution in [0.1, 0.15) is 31.5 Å². The van der Waals surface area contributed by atoms with E-state index in [1.165, 1.54) is 5.56 Å². The standard InChI is InChI=1S/C14H24N2O/c1-5-11-7-8-12(16-10-11)9-13(15-3)14(6-2)17-4/h7-8,10,13-15H,5-6,9H2,1-4H3. The van der Waals surface area contributed by atoms with Crippen molar-refractivity contribution in [3.63, 3.8) is 0 Å². The number of nitrogens with one attached hydrogen (secondary N) is 1. The normalized spacial score (nSPS) is 14.6. The Hall–Kier alpha value is -0.930. The lowest BCUT2D eigenvalue weighted by Crippen LogP contribution is -2.40. The molecule has 0 saturated heterocycles. The summed E-state index contributed by atoms with van der Waals surface area (Å²) in [6, 6.07) is 4.60. The summed E-state index contributed by atoms with van der Waals surface area (Å²) in [5.74, 6) is 0. The van der Waals surface area contributed by atoms with Gasteiger partial charge in [0.1, 0.15) is 0 Å². The van der Waals surface area contributed by atoms with Gasteiger partial charge in [-0.2, -0.15) is 0 Å². The van der Waals surface area contributed by atoms with Crippen molar-refractivity contribution in [2.75, 3.05) is 14.2 Å². The van der Waals surface area contributed by atoms with Gasteiger partial charge in [0.05, 0.1) is 6.10 Å². The van der Waals surface area contributed by atoms with Crippen molar-refractivity contribution in [3.05, 3.63) is 29.6 Å². The molecule has 0 aromatic carbocycles. The molecular weight excluding hydrogens is 212 g/mol. The lowest BCUT2D eigenvalue weighted by molar-refractivity contribution is 0.0675. The number of aryl methyl sites for hydroxylation is 1. The lowest BCUT2D eigenvalue weighted by atomic mass is 10.0. The van der Waals surface area contributed by atoms with Gasteiger partial charge >= 0.3 is 0 Å². The van der Waals surface area contributed by atoms with E-state index in [4.69, 9.17) is 4.74 Å². The van der Waals surface area contributed by atoms with Crippen LogP contribution in [0.5, 0.6) is 0 Å². The largest absolute Gasteiger partial charge is 0.380 e. The van der Waals surface area contributed by atoms with E-state index in [1.54, 1.807) is 7.11 Å². The molecule has 1 N–H and O–H groups in total. The van der Waals surface area contributed by atoms with Crippen molar-refractivity contribution in [3.8, 4) is 0 Å². The van der Waals surface area contributed by atoms with E-state index in [-0.39, 0.29) is 6.10 Å². The zero-order valence-electron chi connectivity index (χ0n) is 11.4. The number of aromatic nitrogens is 1. The predicted octanol–water partition coefficient (Wildman–Crippen LogP) is 2.20. The van der Waals surface area contributed by atoms with Crippen molar-refractivity contribution in [2.45, 2.75) is 45.3 Å². The summed E-state index contributed by atoms with van der Waals surface area (Å²) in [4.78, 5) is 4.49. The first-order valence-corrected chi connectivity index (χ1v) is 6.38. The molecule has 2 atom stereocenters. The minimum Gasteiger partial charge on any atom is -0.380 e. The molecule has 0 aliphatic rings. The molecule has 1 heterocycles. The summed E-state index contributed by atoms with van der Waals surface area (Å²) in [5, 5.41) is 3.32. The highest BCUT2D eigenvalue weighted by Gasteiger charge is 2.18. The highest BCUT2D eigenvalue weighted by atomic mass is 16.5. The fourth-order valence-electron chi connectivity index (χ4n) is 2.05. The highest BCUT2D eigenvalue weighted by molar-refractivity contribution is 5.14. The summed E-state index contributed by atoms with van der Waals surface area (Å²) < 4.78 is 5.48. The molecule has 0 bridgehead atoms. The fraction of sp³-hybridized carbons (Fsp3) is 0.643. The molecule has 0 spiro atoms. The minimum absolute atomic E-state index is 0.243. The number of hydrogen-bond donors (Lipinski definition) is 1. The lowest BCUT2D eigenvalue weighted by Gasteiger charge is -2.24. The first kappa shape index (κ1) is 14.1. The van der Waals surface area contributed by atoms with Crippen LogP contribution < -0.4 is 5.32 Å². The van der Waals surface area contributed by atoms with E-state index in [0.717, 1.165) is 25.0 Å². The first-order valence-electron chi connectivity index (χ1n) is 6.38. The van der Waals surface area contributed by atoms with Gasteiger partial charge in [-0.25, -0.2) is 0 Å². The summed E-state index contributed by atoms with van der Waals surface area (Å²) in [5.41, 5.74) is 2.41. The third-order valence-electron chi connectivity index (χ3n) is 3.25. The van der Waals surface area contributed by atoms with Gasteiger partial charge in [-0.3, -0.25) is 4.98 Å². The second-order valence-electron chi connectivity index (χ2n) is 4.29. The highest BCUT2D eigenvalue weighted by Crippen LogP contribution is 2.10. The molecule has 0 aliphatic carbocycles. The van der Waals surface area contributed by atoms with E-state index < -0.39 is 0 Å². The van der Waals surface area contributed by atoms with Crippen LogP contribution in [-0.4, -0.2) is 31.3 Å². The van der Waals surface area contributed by atoms with E-state index >= 15 is 0 Å². The number of rotatable bonds is 7. The maximum absolute atomic E-state index is 5.48. The van der Waals surface area contributed by atoms with Crippen molar-refractivity contribution in [1.82, 2.24) is 10.3 Å². The van der Waals surface area contributed by atoms with Crippen molar-refractivity contribution in [2.24, 2.45) is 0 Å². The smallest absolute Gasteiger partial charge is 0.0725 e. The third-order valence-corrected chi connectivity index (χ3v) is 3.25. The van der Waals surface area contributed by atoms with Gasteiger partial charge in [-0.15, -0.1) is 0 Å². The summed E-state index contributed by atoms with van der Waals surface area (Å²) in [6.07, 6.45) is 5.17. The van der Waals surface area contributed by atoms with Gasteiger partial charge in [0, 0.05) is 31.5 Å². The summed E-state index contributed by atoms with van der Waals surface area (Å²) >= 11 is 0. The topological polar surface area (TPSA) is 34.1 Å². The number of hydrogen-bond acceptors (Lipinski definition) is 3. The Balaban J connectivity index is 2.66. The van der Waals surface area contributed by atoms with Gasteiger partial charge in [0.15, 0.2) is 0 Å². The average molecular weight is 236 g/mol. The van der Waals surface area contributed by atoms with E-state index in [0.29, 0.717) is 6.04 Å². The van der Waals surface area contributed by atoms with Crippen LogP contribution in [-0.2, 0) is 17.6 Å². The van der Waals surface area contributed by atoms with Gasteiger partial charge in [-0.05, 0) is 31.5 Å². The van der Waals surface area contributed by atoms with Crippen LogP contribution in [0.4, 0.5) is 0 Å². The van der Waals surface area contributed by atoms with Crippen LogP contribution >= 0.6 is 0 Å².